The van der Waals surface area contributed by atoms with Crippen molar-refractivity contribution < 1.29 is 32.0 Å². The summed E-state index contributed by atoms with van der Waals surface area (Å²) in [5, 5.41) is 2.40. The molecule has 0 aliphatic carbocycles. The number of hydrogen-bond donors (Lipinski definition) is 2. The Hall–Kier alpha value is -3.56. The molecule has 0 aromatic heterocycles. The molecule has 0 fully saturated rings. The molecular formula is C20H17F4N3O3. The fourth-order valence-electron chi connectivity index (χ4n) is 2.75. The van der Waals surface area contributed by atoms with Crippen molar-refractivity contribution in [2.24, 2.45) is 0 Å². The van der Waals surface area contributed by atoms with Crippen LogP contribution in [0.5, 0.6) is 0 Å². The number of nitrogens with one attached hydrogen (secondary N) is 2. The Balaban J connectivity index is 1.51. The smallest absolute Gasteiger partial charge is 0.334 e. The average molecular weight is 423 g/mol. The first-order chi connectivity index (χ1) is 14.2. The number of nitrogens with zero attached hydrogens (tertiary/aromatic N) is 1. The third-order valence-corrected chi connectivity index (χ3v) is 4.30. The third-order valence-electron chi connectivity index (χ3n) is 4.30. The van der Waals surface area contributed by atoms with Crippen LogP contribution in [0.15, 0.2) is 60.3 Å². The Morgan fingerprint density at radius 3 is 2.43 bits per heavy atom. The van der Waals surface area contributed by atoms with Gasteiger partial charge in [0.1, 0.15) is 5.82 Å². The van der Waals surface area contributed by atoms with Crippen molar-refractivity contribution in [2.75, 3.05) is 18.4 Å². The molecule has 3 rings (SSSR count). The van der Waals surface area contributed by atoms with E-state index in [1.807, 2.05) is 0 Å². The van der Waals surface area contributed by atoms with Crippen molar-refractivity contribution in [1.29, 1.82) is 0 Å². The van der Waals surface area contributed by atoms with Gasteiger partial charge in [-0.3, -0.25) is 10.1 Å². The van der Waals surface area contributed by atoms with E-state index in [2.05, 4.69) is 10.8 Å². The van der Waals surface area contributed by atoms with Crippen LogP contribution in [0.4, 0.5) is 28.0 Å². The second kappa shape index (κ2) is 8.85. The van der Waals surface area contributed by atoms with E-state index < -0.39 is 29.6 Å². The highest BCUT2D eigenvalue weighted by Gasteiger charge is 2.31. The summed E-state index contributed by atoms with van der Waals surface area (Å²) >= 11 is 0. The standard InChI is InChI=1S/C20H17F4N3O3/c21-15-4-6-16(7-5-15)25-19(29)30-26-17-8-10-27(11-9-17)18(28)13-2-1-3-14(12-13)20(22,23)24/h1-8,12,26H,9-11H2,(H,25,29). The van der Waals surface area contributed by atoms with Crippen LogP contribution in [-0.2, 0) is 11.0 Å². The summed E-state index contributed by atoms with van der Waals surface area (Å²) in [6, 6.07) is 9.35. The fourth-order valence-corrected chi connectivity index (χ4v) is 2.75. The molecule has 0 bridgehead atoms. The minimum Gasteiger partial charge on any atom is -0.334 e. The Morgan fingerprint density at radius 1 is 1.07 bits per heavy atom. The van der Waals surface area contributed by atoms with Crippen molar-refractivity contribution in [3.05, 3.63) is 77.2 Å². The quantitative estimate of drug-likeness (QED) is 0.568. The summed E-state index contributed by atoms with van der Waals surface area (Å²) in [6.07, 6.45) is -3.43. The summed E-state index contributed by atoms with van der Waals surface area (Å²) in [5.74, 6) is -0.963. The number of hydrogen-bond acceptors (Lipinski definition) is 4. The van der Waals surface area contributed by atoms with Gasteiger partial charge in [-0.25, -0.2) is 14.7 Å². The number of amides is 2. The van der Waals surface area contributed by atoms with E-state index in [1.165, 1.54) is 41.3 Å². The molecule has 1 aliphatic rings. The highest BCUT2D eigenvalue weighted by Crippen LogP contribution is 2.30. The normalized spacial score (nSPS) is 14.0. The van der Waals surface area contributed by atoms with Gasteiger partial charge >= 0.3 is 12.3 Å². The highest BCUT2D eigenvalue weighted by molar-refractivity contribution is 5.94. The van der Waals surface area contributed by atoms with Crippen LogP contribution in [0.25, 0.3) is 0 Å². The second-order valence-electron chi connectivity index (χ2n) is 6.43. The molecule has 1 aliphatic heterocycles. The Bertz CT molecular complexity index is 959. The lowest BCUT2D eigenvalue weighted by atomic mass is 10.1. The summed E-state index contributed by atoms with van der Waals surface area (Å²) in [5.41, 5.74) is 2.42. The van der Waals surface area contributed by atoms with Crippen LogP contribution < -0.4 is 10.8 Å². The van der Waals surface area contributed by atoms with E-state index in [0.29, 0.717) is 17.8 Å². The van der Waals surface area contributed by atoms with Gasteiger partial charge in [0.15, 0.2) is 0 Å². The van der Waals surface area contributed by atoms with Crippen LogP contribution in [0.3, 0.4) is 0 Å². The summed E-state index contributed by atoms with van der Waals surface area (Å²) in [6.45, 7) is 0.372. The SMILES string of the molecule is O=C(Nc1ccc(F)cc1)ONC1=CCN(C(=O)c2cccc(C(F)(F)F)c2)CC1. The van der Waals surface area contributed by atoms with Crippen molar-refractivity contribution >= 4 is 17.7 Å². The third kappa shape index (κ3) is 5.49. The van der Waals surface area contributed by atoms with Gasteiger partial charge in [0.05, 0.1) is 5.56 Å². The number of anilines is 1. The van der Waals surface area contributed by atoms with Gasteiger partial charge in [-0.2, -0.15) is 13.2 Å². The fraction of sp³-hybridized carbons (Fsp3) is 0.200. The van der Waals surface area contributed by atoms with Crippen molar-refractivity contribution in [3.8, 4) is 0 Å². The van der Waals surface area contributed by atoms with Crippen LogP contribution in [0.2, 0.25) is 0 Å². The number of hydroxylamine groups is 1. The van der Waals surface area contributed by atoms with Gasteiger partial charge in [-0.05, 0) is 48.5 Å². The monoisotopic (exact) mass is 423 g/mol. The van der Waals surface area contributed by atoms with Crippen LogP contribution in [0.1, 0.15) is 22.3 Å². The van der Waals surface area contributed by atoms with E-state index in [-0.39, 0.29) is 18.7 Å². The highest BCUT2D eigenvalue weighted by atomic mass is 19.4. The Labute approximate surface area is 169 Å². The van der Waals surface area contributed by atoms with Crippen molar-refractivity contribution in [1.82, 2.24) is 10.4 Å². The first-order valence-corrected chi connectivity index (χ1v) is 8.87. The molecule has 30 heavy (non-hydrogen) atoms. The minimum atomic E-state index is -4.53. The van der Waals surface area contributed by atoms with Gasteiger partial charge in [0.2, 0.25) is 0 Å². The molecule has 158 valence electrons. The summed E-state index contributed by atoms with van der Waals surface area (Å²) in [4.78, 5) is 30.4. The van der Waals surface area contributed by atoms with Crippen LogP contribution >= 0.6 is 0 Å². The van der Waals surface area contributed by atoms with E-state index >= 15 is 0 Å². The molecule has 10 heteroatoms. The number of halogens is 4. The number of carbonyl (C=O) groups is 2. The summed E-state index contributed by atoms with van der Waals surface area (Å²) < 4.78 is 51.3. The lowest BCUT2D eigenvalue weighted by molar-refractivity contribution is -0.137. The Morgan fingerprint density at radius 2 is 1.80 bits per heavy atom. The largest absolute Gasteiger partial charge is 0.435 e. The zero-order valence-electron chi connectivity index (χ0n) is 15.5. The molecule has 6 nitrogen and oxygen atoms in total. The van der Waals surface area contributed by atoms with Gasteiger partial charge in [-0.15, -0.1) is 0 Å². The van der Waals surface area contributed by atoms with E-state index in [9.17, 15) is 27.2 Å². The lowest BCUT2D eigenvalue weighted by Gasteiger charge is -2.26. The number of alkyl halides is 3. The molecule has 0 saturated heterocycles. The number of benzene rings is 2. The predicted molar refractivity (Wildman–Crippen MR) is 99.7 cm³/mol. The topological polar surface area (TPSA) is 70.7 Å². The van der Waals surface area contributed by atoms with Gasteiger partial charge in [0.25, 0.3) is 5.91 Å². The zero-order valence-corrected chi connectivity index (χ0v) is 15.5. The number of carbonyl (C=O) groups excluding carboxylic acids is 2. The minimum absolute atomic E-state index is 0.0513. The maximum Gasteiger partial charge on any atom is 0.435 e. The van der Waals surface area contributed by atoms with Crippen LogP contribution in [-0.4, -0.2) is 30.0 Å². The van der Waals surface area contributed by atoms with E-state index in [1.54, 1.807) is 6.08 Å². The molecule has 2 aromatic rings. The second-order valence-corrected chi connectivity index (χ2v) is 6.43. The van der Waals surface area contributed by atoms with Gasteiger partial charge in [-0.1, -0.05) is 6.07 Å². The zero-order chi connectivity index (χ0) is 21.7. The molecule has 2 amide bonds. The molecular weight excluding hydrogens is 406 g/mol. The molecule has 0 spiro atoms. The van der Waals surface area contributed by atoms with Crippen LogP contribution in [0, 0.1) is 5.82 Å². The Kier molecular flexibility index (Phi) is 6.24. The first-order valence-electron chi connectivity index (χ1n) is 8.87. The molecule has 0 unspecified atom stereocenters. The molecule has 0 saturated carbocycles. The molecule has 2 N–H and O–H groups in total. The average Bonchev–Trinajstić information content (AvgIpc) is 2.73. The molecule has 0 radical (unpaired) electrons. The predicted octanol–water partition coefficient (Wildman–Crippen LogP) is 4.33. The van der Waals surface area contributed by atoms with Gasteiger partial charge < -0.3 is 9.74 Å². The maximum absolute atomic E-state index is 12.8. The van der Waals surface area contributed by atoms with E-state index in [4.69, 9.17) is 4.84 Å². The molecule has 2 aromatic carbocycles. The summed E-state index contributed by atoms with van der Waals surface area (Å²) in [7, 11) is 0. The maximum atomic E-state index is 12.8. The lowest BCUT2D eigenvalue weighted by Crippen LogP contribution is -2.37. The van der Waals surface area contributed by atoms with Crippen molar-refractivity contribution in [2.45, 2.75) is 12.6 Å². The van der Waals surface area contributed by atoms with Crippen molar-refractivity contribution in [3.63, 3.8) is 0 Å². The molecule has 0 atom stereocenters. The molecule has 1 heterocycles. The van der Waals surface area contributed by atoms with Gasteiger partial charge in [0, 0.05) is 36.5 Å². The van der Waals surface area contributed by atoms with E-state index in [0.717, 1.165) is 12.1 Å². The first kappa shape index (κ1) is 21.2. The number of rotatable bonds is 4.